The molecule has 0 saturated carbocycles. The number of nitrogens with zero attached hydrogens (tertiary/aromatic N) is 2. The summed E-state index contributed by atoms with van der Waals surface area (Å²) in [5.74, 6) is 0.549. The van der Waals surface area contributed by atoms with E-state index in [1.54, 1.807) is 19.5 Å². The molecule has 0 aliphatic heterocycles. The standard InChI is InChI=1S/C5H7N2O/c1-3-5-6-4-7(2)8-5/h3-4H,1H2,2H3/q+1. The first-order chi connectivity index (χ1) is 3.83. The molecular formula is C5H7N2O+. The van der Waals surface area contributed by atoms with E-state index >= 15 is 0 Å². The van der Waals surface area contributed by atoms with Crippen LogP contribution in [0.4, 0.5) is 0 Å². The Morgan fingerprint density at radius 2 is 2.75 bits per heavy atom. The summed E-state index contributed by atoms with van der Waals surface area (Å²) < 4.78 is 6.43. The van der Waals surface area contributed by atoms with Crippen LogP contribution >= 0.6 is 0 Å². The van der Waals surface area contributed by atoms with Crippen molar-refractivity contribution in [3.05, 3.63) is 18.8 Å². The predicted octanol–water partition coefficient (Wildman–Crippen LogP) is 0.142. The number of rotatable bonds is 1. The molecule has 0 aliphatic rings. The third kappa shape index (κ3) is 0.753. The molecule has 0 saturated heterocycles. The van der Waals surface area contributed by atoms with E-state index in [2.05, 4.69) is 11.6 Å². The van der Waals surface area contributed by atoms with Crippen molar-refractivity contribution in [3.8, 4) is 0 Å². The van der Waals surface area contributed by atoms with Crippen LogP contribution in [-0.4, -0.2) is 4.98 Å². The molecule has 1 aromatic rings. The van der Waals surface area contributed by atoms with Crippen LogP contribution in [0.25, 0.3) is 6.08 Å². The van der Waals surface area contributed by atoms with Gasteiger partial charge in [-0.1, -0.05) is 11.3 Å². The average Bonchev–Trinajstić information content (AvgIpc) is 2.14. The number of hydrogen-bond acceptors (Lipinski definition) is 2. The maximum Gasteiger partial charge on any atom is 0.376 e. The van der Waals surface area contributed by atoms with Gasteiger partial charge in [-0.3, -0.25) is 4.52 Å². The summed E-state index contributed by atoms with van der Waals surface area (Å²) in [6.07, 6.45) is 3.14. The lowest BCUT2D eigenvalue weighted by molar-refractivity contribution is -0.846. The Balaban J connectivity index is 3.00. The van der Waals surface area contributed by atoms with Crippen molar-refractivity contribution >= 4 is 6.08 Å². The van der Waals surface area contributed by atoms with E-state index in [0.717, 1.165) is 0 Å². The van der Waals surface area contributed by atoms with Crippen LogP contribution in [0.1, 0.15) is 5.89 Å². The highest BCUT2D eigenvalue weighted by Crippen LogP contribution is 1.87. The summed E-state index contributed by atoms with van der Waals surface area (Å²) >= 11 is 0. The molecule has 1 heterocycles. The quantitative estimate of drug-likeness (QED) is 0.482. The fourth-order valence-corrected chi connectivity index (χ4v) is 0.423. The van der Waals surface area contributed by atoms with Crippen molar-refractivity contribution in [2.75, 3.05) is 0 Å². The zero-order valence-corrected chi connectivity index (χ0v) is 4.66. The SMILES string of the molecule is C=Cc1nc[n+](C)o1. The van der Waals surface area contributed by atoms with Gasteiger partial charge in [-0.15, -0.1) is 0 Å². The van der Waals surface area contributed by atoms with Gasteiger partial charge in [-0.25, -0.2) is 0 Å². The number of aromatic nitrogens is 2. The van der Waals surface area contributed by atoms with Crippen molar-refractivity contribution in [1.82, 2.24) is 4.98 Å². The molecule has 42 valence electrons. The van der Waals surface area contributed by atoms with Crippen LogP contribution in [0.3, 0.4) is 0 Å². The lowest BCUT2D eigenvalue weighted by Gasteiger charge is -1.69. The van der Waals surface area contributed by atoms with Gasteiger partial charge in [0.1, 0.15) is 7.05 Å². The lowest BCUT2D eigenvalue weighted by Crippen LogP contribution is -2.22. The molecule has 3 heteroatoms. The van der Waals surface area contributed by atoms with Crippen LogP contribution in [0.5, 0.6) is 0 Å². The van der Waals surface area contributed by atoms with E-state index in [1.165, 1.54) is 4.74 Å². The van der Waals surface area contributed by atoms with Crippen LogP contribution in [0, 0.1) is 0 Å². The minimum absolute atomic E-state index is 0.549. The second-order valence-electron chi connectivity index (χ2n) is 1.42. The molecule has 0 bridgehead atoms. The molecule has 0 atom stereocenters. The lowest BCUT2D eigenvalue weighted by atomic mass is 10.6. The van der Waals surface area contributed by atoms with Crippen molar-refractivity contribution in [2.45, 2.75) is 0 Å². The largest absolute Gasteiger partial charge is 0.376 e. The maximum absolute atomic E-state index is 4.92. The van der Waals surface area contributed by atoms with Crippen LogP contribution in [-0.2, 0) is 7.05 Å². The van der Waals surface area contributed by atoms with Crippen molar-refractivity contribution in [1.29, 1.82) is 0 Å². The smallest absolute Gasteiger partial charge is 0.254 e. The third-order valence-electron chi connectivity index (χ3n) is 0.760. The second-order valence-corrected chi connectivity index (χ2v) is 1.42. The normalized spacial score (nSPS) is 9.12. The average molecular weight is 111 g/mol. The second kappa shape index (κ2) is 1.78. The molecule has 0 radical (unpaired) electrons. The summed E-state index contributed by atoms with van der Waals surface area (Å²) in [7, 11) is 1.76. The van der Waals surface area contributed by atoms with Gasteiger partial charge in [0.2, 0.25) is 0 Å². The van der Waals surface area contributed by atoms with Crippen molar-refractivity contribution < 1.29 is 9.26 Å². The monoisotopic (exact) mass is 111 g/mol. The Kier molecular flexibility index (Phi) is 1.12. The Morgan fingerprint density at radius 3 is 3.00 bits per heavy atom. The van der Waals surface area contributed by atoms with E-state index in [0.29, 0.717) is 5.89 Å². The minimum Gasteiger partial charge on any atom is -0.254 e. The Hall–Kier alpha value is -1.12. The van der Waals surface area contributed by atoms with Crippen molar-refractivity contribution in [2.24, 2.45) is 7.05 Å². The zero-order valence-electron chi connectivity index (χ0n) is 4.66. The molecule has 0 unspecified atom stereocenters. The first kappa shape index (κ1) is 5.03. The van der Waals surface area contributed by atoms with E-state index in [9.17, 15) is 0 Å². The molecule has 1 rings (SSSR count). The van der Waals surface area contributed by atoms with Gasteiger partial charge in [0, 0.05) is 6.08 Å². The topological polar surface area (TPSA) is 29.9 Å². The fraction of sp³-hybridized carbons (Fsp3) is 0.200. The van der Waals surface area contributed by atoms with Gasteiger partial charge in [-0.2, -0.15) is 0 Å². The molecule has 0 amide bonds. The molecule has 0 fully saturated rings. The van der Waals surface area contributed by atoms with Gasteiger partial charge in [-0.05, 0) is 4.98 Å². The zero-order chi connectivity index (χ0) is 5.98. The summed E-state index contributed by atoms with van der Waals surface area (Å²) in [6.45, 7) is 3.47. The maximum atomic E-state index is 4.92. The Morgan fingerprint density at radius 1 is 2.00 bits per heavy atom. The molecular weight excluding hydrogens is 104 g/mol. The van der Waals surface area contributed by atoms with E-state index in [1.807, 2.05) is 0 Å². The summed E-state index contributed by atoms with van der Waals surface area (Å²) in [5, 5.41) is 0. The molecule has 0 spiro atoms. The highest BCUT2D eigenvalue weighted by Gasteiger charge is 2.00. The Labute approximate surface area is 47.2 Å². The van der Waals surface area contributed by atoms with E-state index in [-0.39, 0.29) is 0 Å². The highest BCUT2D eigenvalue weighted by molar-refractivity contribution is 5.31. The Bertz CT molecular complexity index is 192. The van der Waals surface area contributed by atoms with Gasteiger partial charge >= 0.3 is 12.2 Å². The van der Waals surface area contributed by atoms with Gasteiger partial charge in [0.15, 0.2) is 0 Å². The first-order valence-electron chi connectivity index (χ1n) is 2.27. The first-order valence-corrected chi connectivity index (χ1v) is 2.27. The van der Waals surface area contributed by atoms with Crippen LogP contribution < -0.4 is 4.74 Å². The summed E-state index contributed by atoms with van der Waals surface area (Å²) in [4.78, 5) is 3.81. The summed E-state index contributed by atoms with van der Waals surface area (Å²) in [5.41, 5.74) is 0. The van der Waals surface area contributed by atoms with Gasteiger partial charge < -0.3 is 0 Å². The van der Waals surface area contributed by atoms with Crippen molar-refractivity contribution in [3.63, 3.8) is 0 Å². The molecule has 8 heavy (non-hydrogen) atoms. The van der Waals surface area contributed by atoms with Crippen LogP contribution in [0.15, 0.2) is 17.4 Å². The molecule has 0 aliphatic carbocycles. The molecule has 0 N–H and O–H groups in total. The number of aryl methyl sites for hydroxylation is 1. The molecule has 1 aromatic heterocycles. The highest BCUT2D eigenvalue weighted by atomic mass is 16.5. The van der Waals surface area contributed by atoms with E-state index in [4.69, 9.17) is 4.52 Å². The molecule has 3 nitrogen and oxygen atoms in total. The van der Waals surface area contributed by atoms with Gasteiger partial charge in [0.05, 0.1) is 0 Å². The minimum atomic E-state index is 0.549. The van der Waals surface area contributed by atoms with Crippen LogP contribution in [0.2, 0.25) is 0 Å². The number of hydrogen-bond donors (Lipinski definition) is 0. The molecule has 0 aromatic carbocycles. The third-order valence-corrected chi connectivity index (χ3v) is 0.760. The predicted molar refractivity (Wildman–Crippen MR) is 27.8 cm³/mol. The fourth-order valence-electron chi connectivity index (χ4n) is 0.423. The van der Waals surface area contributed by atoms with E-state index < -0.39 is 0 Å². The van der Waals surface area contributed by atoms with Gasteiger partial charge in [0.25, 0.3) is 0 Å². The summed E-state index contributed by atoms with van der Waals surface area (Å²) in [6, 6.07) is 0.